The summed E-state index contributed by atoms with van der Waals surface area (Å²) in [6.07, 6.45) is -1.48. The molecule has 1 atom stereocenters. The van der Waals surface area contributed by atoms with Crippen LogP contribution in [0.5, 0.6) is 0 Å². The highest BCUT2D eigenvalue weighted by atomic mass is 19.4. The number of pyridine rings is 1. The zero-order valence-corrected chi connectivity index (χ0v) is 21.0. The van der Waals surface area contributed by atoms with Crippen molar-refractivity contribution in [2.75, 3.05) is 19.6 Å². The van der Waals surface area contributed by atoms with Crippen molar-refractivity contribution in [3.63, 3.8) is 0 Å². The summed E-state index contributed by atoms with van der Waals surface area (Å²) in [4.78, 5) is 37.8. The van der Waals surface area contributed by atoms with Gasteiger partial charge >= 0.3 is 12.1 Å². The Balaban J connectivity index is 0.000000572. The maximum atomic E-state index is 12.7. The lowest BCUT2D eigenvalue weighted by Crippen LogP contribution is -2.52. The topological polar surface area (TPSA) is 120 Å². The van der Waals surface area contributed by atoms with Crippen LogP contribution in [0.25, 0.3) is 5.65 Å². The molecule has 3 heterocycles. The van der Waals surface area contributed by atoms with Gasteiger partial charge in [-0.1, -0.05) is 13.8 Å². The summed E-state index contributed by atoms with van der Waals surface area (Å²) < 4.78 is 33.6. The zero-order valence-electron chi connectivity index (χ0n) is 21.0. The first-order chi connectivity index (χ1) is 16.8. The smallest absolute Gasteiger partial charge is 0.475 e. The van der Waals surface area contributed by atoms with Crippen LogP contribution in [0.15, 0.2) is 18.3 Å². The average molecular weight is 515 g/mol. The predicted octanol–water partition coefficient (Wildman–Crippen LogP) is 2.89. The molecule has 1 fully saturated rings. The van der Waals surface area contributed by atoms with Gasteiger partial charge in [0.2, 0.25) is 5.91 Å². The lowest BCUT2D eigenvalue weighted by molar-refractivity contribution is -0.192. The number of alkyl halides is 3. The molecule has 1 saturated heterocycles. The lowest BCUT2D eigenvalue weighted by atomic mass is 10.1. The largest absolute Gasteiger partial charge is 0.490 e. The molecule has 2 aromatic heterocycles. The second kappa shape index (κ2) is 12.2. The van der Waals surface area contributed by atoms with E-state index in [4.69, 9.17) is 9.90 Å². The van der Waals surface area contributed by atoms with Crippen molar-refractivity contribution in [2.24, 2.45) is 0 Å². The predicted molar refractivity (Wildman–Crippen MR) is 125 cm³/mol. The molecule has 1 aliphatic rings. The number of hydrogen-bond donors (Lipinski definition) is 2. The fourth-order valence-electron chi connectivity index (χ4n) is 3.96. The van der Waals surface area contributed by atoms with Crippen LogP contribution < -0.4 is 5.32 Å². The number of nitrogens with one attached hydrogen (secondary N) is 1. The molecule has 0 bridgehead atoms. The highest BCUT2D eigenvalue weighted by Crippen LogP contribution is 2.27. The van der Waals surface area contributed by atoms with Gasteiger partial charge in [0, 0.05) is 44.8 Å². The van der Waals surface area contributed by atoms with E-state index in [9.17, 15) is 22.8 Å². The quantitative estimate of drug-likeness (QED) is 0.608. The van der Waals surface area contributed by atoms with Crippen molar-refractivity contribution in [1.82, 2.24) is 29.7 Å². The lowest BCUT2D eigenvalue weighted by Gasteiger charge is -2.42. The van der Waals surface area contributed by atoms with E-state index in [0.717, 1.165) is 25.2 Å². The molecule has 2 aromatic rings. The van der Waals surface area contributed by atoms with Gasteiger partial charge in [0.05, 0.1) is 11.6 Å². The summed E-state index contributed by atoms with van der Waals surface area (Å²) in [6.45, 7) is 12.1. The van der Waals surface area contributed by atoms with Crippen LogP contribution in [0.3, 0.4) is 0 Å². The Hall–Kier alpha value is -3.22. The van der Waals surface area contributed by atoms with Crippen LogP contribution >= 0.6 is 0 Å². The van der Waals surface area contributed by atoms with E-state index >= 15 is 0 Å². The maximum absolute atomic E-state index is 12.7. The van der Waals surface area contributed by atoms with Crippen molar-refractivity contribution in [3.8, 4) is 0 Å². The fourth-order valence-corrected chi connectivity index (χ4v) is 3.96. The monoisotopic (exact) mass is 514 g/mol. The highest BCUT2D eigenvalue weighted by molar-refractivity contribution is 5.94. The van der Waals surface area contributed by atoms with Gasteiger partial charge in [0.15, 0.2) is 11.5 Å². The standard InChI is InChI=1S/C21H32N6O2.C2HF3O2/c1-6-17(7-2)22-21(29)16-8-9-19-23-24-20(27(19)12-16)18-13-25(15(5)28)10-11-26(18)14(3)4;3-2(4,5)1(6)7/h8-9,12,14,17-18H,6-7,10-11,13H2,1-5H3,(H,22,29);(H,6,7). The first-order valence-electron chi connectivity index (χ1n) is 11.8. The molecule has 2 amide bonds. The van der Waals surface area contributed by atoms with Gasteiger partial charge in [-0.3, -0.25) is 18.9 Å². The van der Waals surface area contributed by atoms with Gasteiger partial charge in [-0.15, -0.1) is 10.2 Å². The van der Waals surface area contributed by atoms with Crippen molar-refractivity contribution < 1.29 is 32.7 Å². The van der Waals surface area contributed by atoms with Gasteiger partial charge in [-0.25, -0.2) is 4.79 Å². The van der Waals surface area contributed by atoms with Crippen molar-refractivity contribution >= 4 is 23.4 Å². The minimum Gasteiger partial charge on any atom is -0.475 e. The summed E-state index contributed by atoms with van der Waals surface area (Å²) in [6, 6.07) is 4.01. The molecule has 0 radical (unpaired) electrons. The Kier molecular flexibility index (Phi) is 9.79. The number of carboxylic acids is 1. The number of amides is 2. The van der Waals surface area contributed by atoms with E-state index in [1.54, 1.807) is 13.0 Å². The number of rotatable bonds is 6. The molecule has 0 spiro atoms. The van der Waals surface area contributed by atoms with Crippen LogP contribution in [0, 0.1) is 0 Å². The molecule has 1 unspecified atom stereocenters. The first kappa shape index (κ1) is 29.0. The molecule has 0 aliphatic carbocycles. The summed E-state index contributed by atoms with van der Waals surface area (Å²) >= 11 is 0. The zero-order chi connectivity index (χ0) is 27.2. The molecule has 13 heteroatoms. The summed E-state index contributed by atoms with van der Waals surface area (Å²) in [5, 5.41) is 18.9. The van der Waals surface area contributed by atoms with Crippen LogP contribution in [-0.4, -0.2) is 85.2 Å². The number of carbonyl (C=O) groups is 3. The second-order valence-electron chi connectivity index (χ2n) is 8.81. The minimum absolute atomic E-state index is 0.0671. The number of halogens is 3. The van der Waals surface area contributed by atoms with Gasteiger partial charge in [0.25, 0.3) is 5.91 Å². The number of aromatic nitrogens is 3. The average Bonchev–Trinajstić information content (AvgIpc) is 3.24. The van der Waals surface area contributed by atoms with E-state index in [2.05, 4.69) is 48.1 Å². The third kappa shape index (κ3) is 7.15. The van der Waals surface area contributed by atoms with Gasteiger partial charge in [0.1, 0.15) is 0 Å². The van der Waals surface area contributed by atoms with E-state index in [0.29, 0.717) is 30.3 Å². The van der Waals surface area contributed by atoms with Crippen molar-refractivity contribution in [1.29, 1.82) is 0 Å². The fraction of sp³-hybridized carbons (Fsp3) is 0.609. The molecule has 2 N–H and O–H groups in total. The molecular formula is C23H33F3N6O4. The Labute approximate surface area is 207 Å². The molecule has 0 saturated carbocycles. The van der Waals surface area contributed by atoms with E-state index < -0.39 is 12.1 Å². The molecule has 36 heavy (non-hydrogen) atoms. The SMILES string of the molecule is CCC(CC)NC(=O)c1ccc2nnc(C3CN(C(C)=O)CCN3C(C)C)n2c1.O=C(O)C(F)(F)F. The minimum atomic E-state index is -5.08. The molecule has 1 aliphatic heterocycles. The Bertz CT molecular complexity index is 1070. The van der Waals surface area contributed by atoms with Crippen LogP contribution in [0.4, 0.5) is 13.2 Å². The van der Waals surface area contributed by atoms with Gasteiger partial charge < -0.3 is 15.3 Å². The Morgan fingerprint density at radius 1 is 1.14 bits per heavy atom. The first-order valence-corrected chi connectivity index (χ1v) is 11.8. The summed E-state index contributed by atoms with van der Waals surface area (Å²) in [7, 11) is 0. The number of hydrogen-bond acceptors (Lipinski definition) is 6. The Morgan fingerprint density at radius 3 is 2.25 bits per heavy atom. The second-order valence-corrected chi connectivity index (χ2v) is 8.81. The number of carbonyl (C=O) groups excluding carboxylic acids is 2. The molecule has 200 valence electrons. The Morgan fingerprint density at radius 2 is 1.75 bits per heavy atom. The molecule has 3 rings (SSSR count). The number of piperazine rings is 1. The third-order valence-corrected chi connectivity index (χ3v) is 6.08. The summed E-state index contributed by atoms with van der Waals surface area (Å²) in [5.74, 6) is -2.02. The van der Waals surface area contributed by atoms with Crippen molar-refractivity contribution in [3.05, 3.63) is 29.7 Å². The van der Waals surface area contributed by atoms with E-state index in [-0.39, 0.29) is 23.9 Å². The highest BCUT2D eigenvalue weighted by Gasteiger charge is 2.38. The van der Waals surface area contributed by atoms with Gasteiger partial charge in [-0.2, -0.15) is 13.2 Å². The van der Waals surface area contributed by atoms with Crippen LogP contribution in [0.1, 0.15) is 69.7 Å². The van der Waals surface area contributed by atoms with Gasteiger partial charge in [-0.05, 0) is 38.8 Å². The third-order valence-electron chi connectivity index (χ3n) is 6.08. The van der Waals surface area contributed by atoms with E-state index in [1.807, 2.05) is 21.6 Å². The number of carboxylic acid groups (broad SMARTS) is 1. The number of aliphatic carboxylic acids is 1. The van der Waals surface area contributed by atoms with Crippen LogP contribution in [0.2, 0.25) is 0 Å². The van der Waals surface area contributed by atoms with E-state index in [1.165, 1.54) is 0 Å². The van der Waals surface area contributed by atoms with Crippen LogP contribution in [-0.2, 0) is 9.59 Å². The molecule has 0 aromatic carbocycles. The molecular weight excluding hydrogens is 481 g/mol. The molecule has 10 nitrogen and oxygen atoms in total. The van der Waals surface area contributed by atoms with Crippen molar-refractivity contribution in [2.45, 2.75) is 71.8 Å². The number of nitrogens with zero attached hydrogens (tertiary/aromatic N) is 5. The summed E-state index contributed by atoms with van der Waals surface area (Å²) in [5.41, 5.74) is 1.28. The number of fused-ring (bicyclic) bond motifs is 1. The maximum Gasteiger partial charge on any atom is 0.490 e. The normalized spacial score (nSPS) is 16.7.